The van der Waals surface area contributed by atoms with E-state index in [0.717, 1.165) is 24.3 Å². The highest BCUT2D eigenvalue weighted by Crippen LogP contribution is 2.57. The molecule has 0 saturated heterocycles. The zero-order chi connectivity index (χ0) is 10.4. The highest BCUT2D eigenvalue weighted by Gasteiger charge is 2.52. The Labute approximate surface area is 112 Å². The van der Waals surface area contributed by atoms with E-state index in [9.17, 15) is 0 Å². The molecule has 0 aromatic rings. The number of rotatable bonds is 5. The van der Waals surface area contributed by atoms with Crippen molar-refractivity contribution in [3.8, 4) is 0 Å². The lowest BCUT2D eigenvalue weighted by molar-refractivity contribution is 0.979. The standard InChI is InChI=1S/C8H10Cl4S2/c9-7(10)1-5(7)3-13-14-4-6-2-8(6,11)12/h5-6H,1-4H2. The fourth-order valence-corrected chi connectivity index (χ4v) is 5.47. The van der Waals surface area contributed by atoms with Gasteiger partial charge in [0.05, 0.1) is 0 Å². The van der Waals surface area contributed by atoms with Crippen molar-refractivity contribution in [2.75, 3.05) is 11.5 Å². The van der Waals surface area contributed by atoms with Crippen LogP contribution in [-0.2, 0) is 0 Å². The summed E-state index contributed by atoms with van der Waals surface area (Å²) in [5, 5.41) is 0. The maximum Gasteiger partial charge on any atom is 0.122 e. The van der Waals surface area contributed by atoms with Crippen molar-refractivity contribution in [2.24, 2.45) is 11.8 Å². The Morgan fingerprint density at radius 2 is 1.14 bits per heavy atom. The third kappa shape index (κ3) is 3.18. The Hall–Kier alpha value is 1.86. The van der Waals surface area contributed by atoms with Crippen LogP contribution >= 0.6 is 68.0 Å². The quantitative estimate of drug-likeness (QED) is 0.408. The van der Waals surface area contributed by atoms with Gasteiger partial charge in [-0.25, -0.2) is 0 Å². The topological polar surface area (TPSA) is 0 Å². The summed E-state index contributed by atoms with van der Waals surface area (Å²) in [6.07, 6.45) is 1.87. The highest BCUT2D eigenvalue weighted by molar-refractivity contribution is 8.76. The van der Waals surface area contributed by atoms with E-state index < -0.39 is 8.67 Å². The fraction of sp³-hybridized carbons (Fsp3) is 1.00. The lowest BCUT2D eigenvalue weighted by Crippen LogP contribution is -1.94. The van der Waals surface area contributed by atoms with E-state index in [1.807, 2.05) is 21.6 Å². The fourth-order valence-electron chi connectivity index (χ4n) is 1.16. The number of hydrogen-bond donors (Lipinski definition) is 0. The first kappa shape index (κ1) is 12.3. The Morgan fingerprint density at radius 3 is 1.36 bits per heavy atom. The maximum atomic E-state index is 5.91. The molecule has 2 fully saturated rings. The number of alkyl halides is 4. The van der Waals surface area contributed by atoms with E-state index in [2.05, 4.69) is 0 Å². The molecule has 2 saturated carbocycles. The summed E-state index contributed by atoms with van der Waals surface area (Å²) in [6, 6.07) is 0. The van der Waals surface area contributed by atoms with Gasteiger partial charge in [0.1, 0.15) is 8.67 Å². The van der Waals surface area contributed by atoms with Gasteiger partial charge in [-0.3, -0.25) is 0 Å². The molecule has 6 heteroatoms. The Morgan fingerprint density at radius 1 is 0.857 bits per heavy atom. The summed E-state index contributed by atoms with van der Waals surface area (Å²) >= 11 is 23.6. The molecule has 2 rings (SSSR count). The maximum absolute atomic E-state index is 5.91. The van der Waals surface area contributed by atoms with Crippen LogP contribution in [0.1, 0.15) is 12.8 Å². The Kier molecular flexibility index (Phi) is 3.76. The zero-order valence-electron chi connectivity index (χ0n) is 7.31. The molecule has 2 atom stereocenters. The van der Waals surface area contributed by atoms with Crippen LogP contribution in [0, 0.1) is 11.8 Å². The van der Waals surface area contributed by atoms with Gasteiger partial charge < -0.3 is 0 Å². The molecule has 0 heterocycles. The van der Waals surface area contributed by atoms with Crippen LogP contribution in [0.15, 0.2) is 0 Å². The van der Waals surface area contributed by atoms with E-state index in [0.29, 0.717) is 11.8 Å². The van der Waals surface area contributed by atoms with Gasteiger partial charge in [-0.2, -0.15) is 0 Å². The average molecular weight is 312 g/mol. The lowest BCUT2D eigenvalue weighted by atomic mass is 10.5. The van der Waals surface area contributed by atoms with E-state index in [1.165, 1.54) is 0 Å². The molecular weight excluding hydrogens is 302 g/mol. The van der Waals surface area contributed by atoms with E-state index in [4.69, 9.17) is 46.4 Å². The minimum Gasteiger partial charge on any atom is -0.101 e. The predicted octanol–water partition coefficient (Wildman–Crippen LogP) is 4.76. The number of halogens is 4. The van der Waals surface area contributed by atoms with Crippen LogP contribution in [0.5, 0.6) is 0 Å². The Bertz CT molecular complexity index is 207. The van der Waals surface area contributed by atoms with Crippen molar-refractivity contribution < 1.29 is 0 Å². The molecule has 0 amide bonds. The van der Waals surface area contributed by atoms with Crippen LogP contribution in [0.3, 0.4) is 0 Å². The minimum absolute atomic E-state index is 0.435. The molecule has 0 spiro atoms. The summed E-state index contributed by atoms with van der Waals surface area (Å²) in [5.41, 5.74) is 0. The first-order chi connectivity index (χ1) is 6.42. The molecule has 2 aliphatic carbocycles. The molecule has 0 radical (unpaired) electrons. The normalized spacial score (nSPS) is 36.9. The van der Waals surface area contributed by atoms with Crippen molar-refractivity contribution in [3.05, 3.63) is 0 Å². The molecule has 0 bridgehead atoms. The van der Waals surface area contributed by atoms with Gasteiger partial charge in [-0.1, -0.05) is 21.6 Å². The van der Waals surface area contributed by atoms with Crippen molar-refractivity contribution in [1.82, 2.24) is 0 Å². The average Bonchev–Trinajstić information content (AvgIpc) is 2.84. The van der Waals surface area contributed by atoms with Crippen molar-refractivity contribution in [3.63, 3.8) is 0 Å². The smallest absolute Gasteiger partial charge is 0.101 e. The van der Waals surface area contributed by atoms with E-state index in [1.54, 1.807) is 0 Å². The SMILES string of the molecule is ClC1(Cl)CC1CSSCC1CC1(Cl)Cl. The molecular formula is C8H10Cl4S2. The largest absolute Gasteiger partial charge is 0.122 e. The van der Waals surface area contributed by atoms with Gasteiger partial charge in [0, 0.05) is 23.3 Å². The molecule has 82 valence electrons. The third-order valence-corrected chi connectivity index (χ3v) is 6.94. The zero-order valence-corrected chi connectivity index (χ0v) is 12.0. The van der Waals surface area contributed by atoms with Gasteiger partial charge in [0.2, 0.25) is 0 Å². The molecule has 0 aliphatic heterocycles. The van der Waals surface area contributed by atoms with Crippen molar-refractivity contribution >= 4 is 68.0 Å². The van der Waals surface area contributed by atoms with Gasteiger partial charge in [0.15, 0.2) is 0 Å². The summed E-state index contributed by atoms with van der Waals surface area (Å²) in [7, 11) is 3.65. The summed E-state index contributed by atoms with van der Waals surface area (Å²) < 4.78 is -0.869. The van der Waals surface area contributed by atoms with Crippen LogP contribution in [0.2, 0.25) is 0 Å². The van der Waals surface area contributed by atoms with Gasteiger partial charge in [0.25, 0.3) is 0 Å². The second-order valence-corrected chi connectivity index (χ2v) is 9.53. The van der Waals surface area contributed by atoms with Crippen LogP contribution < -0.4 is 0 Å². The summed E-state index contributed by atoms with van der Waals surface area (Å²) in [4.78, 5) is 0. The van der Waals surface area contributed by atoms with Gasteiger partial charge >= 0.3 is 0 Å². The molecule has 2 aliphatic rings. The van der Waals surface area contributed by atoms with Crippen LogP contribution in [0.4, 0.5) is 0 Å². The van der Waals surface area contributed by atoms with Crippen LogP contribution in [-0.4, -0.2) is 20.2 Å². The highest BCUT2D eigenvalue weighted by atomic mass is 35.5. The van der Waals surface area contributed by atoms with E-state index >= 15 is 0 Å². The Balaban J connectivity index is 1.49. The molecule has 0 aromatic carbocycles. The summed E-state index contributed by atoms with van der Waals surface area (Å²) in [6.45, 7) is 0. The first-order valence-electron chi connectivity index (χ1n) is 4.42. The molecule has 2 unspecified atom stereocenters. The number of hydrogen-bond acceptors (Lipinski definition) is 2. The molecule has 0 N–H and O–H groups in total. The third-order valence-electron chi connectivity index (χ3n) is 2.53. The van der Waals surface area contributed by atoms with Crippen molar-refractivity contribution in [2.45, 2.75) is 21.5 Å². The first-order valence-corrected chi connectivity index (χ1v) is 8.42. The van der Waals surface area contributed by atoms with Gasteiger partial charge in [-0.05, 0) is 12.8 Å². The second kappa shape index (κ2) is 4.27. The lowest BCUT2D eigenvalue weighted by Gasteiger charge is -2.01. The molecule has 14 heavy (non-hydrogen) atoms. The second-order valence-electron chi connectivity index (χ2n) is 3.89. The minimum atomic E-state index is -0.435. The molecule has 0 nitrogen and oxygen atoms in total. The monoisotopic (exact) mass is 310 g/mol. The molecule has 0 aromatic heterocycles. The van der Waals surface area contributed by atoms with Crippen molar-refractivity contribution in [1.29, 1.82) is 0 Å². The predicted molar refractivity (Wildman–Crippen MR) is 70.0 cm³/mol. The van der Waals surface area contributed by atoms with Crippen LogP contribution in [0.25, 0.3) is 0 Å². The van der Waals surface area contributed by atoms with E-state index in [-0.39, 0.29) is 0 Å². The summed E-state index contributed by atoms with van der Waals surface area (Å²) in [5.74, 6) is 3.00. The van der Waals surface area contributed by atoms with Gasteiger partial charge in [-0.15, -0.1) is 46.4 Å².